The second-order valence-corrected chi connectivity index (χ2v) is 5.99. The molecule has 0 spiro atoms. The van der Waals surface area contributed by atoms with E-state index >= 15 is 0 Å². The van der Waals surface area contributed by atoms with Crippen LogP contribution >= 0.6 is 0 Å². The van der Waals surface area contributed by atoms with Gasteiger partial charge in [-0.2, -0.15) is 0 Å². The number of piperazine rings is 1. The Balaban J connectivity index is 1.62. The Morgan fingerprint density at radius 2 is 1.88 bits per heavy atom. The van der Waals surface area contributed by atoms with Gasteiger partial charge in [0.2, 0.25) is 5.91 Å². The van der Waals surface area contributed by atoms with E-state index in [1.165, 1.54) is 0 Å². The monoisotopic (exact) mass is 334 g/mol. The predicted octanol–water partition coefficient (Wildman–Crippen LogP) is 2.36. The summed E-state index contributed by atoms with van der Waals surface area (Å²) in [6.07, 6.45) is 1.72. The van der Waals surface area contributed by atoms with E-state index in [1.54, 1.807) is 6.20 Å². The Hall–Kier alpha value is -3.28. The van der Waals surface area contributed by atoms with Crippen molar-refractivity contribution in [3.05, 3.63) is 60.3 Å². The molecular weight excluding hydrogens is 316 g/mol. The summed E-state index contributed by atoms with van der Waals surface area (Å²) in [5, 5.41) is 6.68. The number of rotatable bonds is 3. The number of hydrogen-bond acceptors (Lipinski definition) is 3. The molecule has 0 saturated carbocycles. The van der Waals surface area contributed by atoms with Crippen molar-refractivity contribution >= 4 is 34.1 Å². The molecule has 1 aliphatic heterocycles. The van der Waals surface area contributed by atoms with Crippen LogP contribution in [0, 0.1) is 0 Å². The van der Waals surface area contributed by atoms with Crippen LogP contribution in [0.3, 0.4) is 0 Å². The largest absolute Gasteiger partial charge is 0.360 e. The molecule has 6 nitrogen and oxygen atoms in total. The molecule has 1 aliphatic rings. The molecule has 0 unspecified atom stereocenters. The number of carbonyl (C=O) groups excluding carboxylic acids is 2. The lowest BCUT2D eigenvalue weighted by Gasteiger charge is -2.30. The van der Waals surface area contributed by atoms with Gasteiger partial charge in [-0.3, -0.25) is 9.59 Å². The third-order valence-corrected chi connectivity index (χ3v) is 4.37. The summed E-state index contributed by atoms with van der Waals surface area (Å²) in [4.78, 5) is 29.5. The number of H-pyrrole nitrogens is 1. The van der Waals surface area contributed by atoms with Gasteiger partial charge in [0.1, 0.15) is 0 Å². The minimum atomic E-state index is -0.175. The minimum Gasteiger partial charge on any atom is -0.360 e. The van der Waals surface area contributed by atoms with Crippen LogP contribution in [0.5, 0.6) is 0 Å². The molecule has 1 saturated heterocycles. The van der Waals surface area contributed by atoms with Crippen molar-refractivity contribution in [3.63, 3.8) is 0 Å². The highest BCUT2D eigenvalue weighted by molar-refractivity contribution is 6.13. The summed E-state index contributed by atoms with van der Waals surface area (Å²) in [5.74, 6) is -0.185. The van der Waals surface area contributed by atoms with Crippen molar-refractivity contribution in [2.45, 2.75) is 0 Å². The van der Waals surface area contributed by atoms with E-state index in [4.69, 9.17) is 0 Å². The number of para-hydroxylation sites is 3. The maximum Gasteiger partial charge on any atom is 0.257 e. The second-order valence-electron chi connectivity index (χ2n) is 5.99. The van der Waals surface area contributed by atoms with Crippen molar-refractivity contribution in [2.75, 3.05) is 29.9 Å². The number of amides is 2. The third-order valence-electron chi connectivity index (χ3n) is 4.37. The SMILES string of the molecule is O=C1CN(c2ccccc2NC(=O)c2c[nH]c3ccccc23)CCN1. The van der Waals surface area contributed by atoms with Crippen LogP contribution in [0.15, 0.2) is 54.7 Å². The molecule has 1 fully saturated rings. The quantitative estimate of drug-likeness (QED) is 0.688. The summed E-state index contributed by atoms with van der Waals surface area (Å²) >= 11 is 0. The Kier molecular flexibility index (Phi) is 3.85. The van der Waals surface area contributed by atoms with Gasteiger partial charge in [0.05, 0.1) is 23.5 Å². The van der Waals surface area contributed by atoms with E-state index in [0.29, 0.717) is 30.9 Å². The molecule has 0 bridgehead atoms. The average Bonchev–Trinajstić information content (AvgIpc) is 3.06. The molecule has 25 heavy (non-hydrogen) atoms. The lowest BCUT2D eigenvalue weighted by molar-refractivity contribution is -0.120. The van der Waals surface area contributed by atoms with E-state index in [1.807, 2.05) is 53.4 Å². The van der Waals surface area contributed by atoms with E-state index in [0.717, 1.165) is 16.6 Å². The minimum absolute atomic E-state index is 0.0102. The van der Waals surface area contributed by atoms with Gasteiger partial charge in [-0.05, 0) is 18.2 Å². The number of aromatic amines is 1. The zero-order chi connectivity index (χ0) is 17.2. The van der Waals surface area contributed by atoms with E-state index in [2.05, 4.69) is 15.6 Å². The molecule has 3 aromatic rings. The average molecular weight is 334 g/mol. The van der Waals surface area contributed by atoms with Crippen LogP contribution in [-0.2, 0) is 4.79 Å². The summed E-state index contributed by atoms with van der Waals surface area (Å²) in [6, 6.07) is 15.2. The number of fused-ring (bicyclic) bond motifs is 1. The van der Waals surface area contributed by atoms with Crippen LogP contribution < -0.4 is 15.5 Å². The first-order valence-corrected chi connectivity index (χ1v) is 8.20. The Morgan fingerprint density at radius 3 is 2.76 bits per heavy atom. The lowest BCUT2D eigenvalue weighted by Crippen LogP contribution is -2.47. The van der Waals surface area contributed by atoms with Crippen LogP contribution in [0.1, 0.15) is 10.4 Å². The van der Waals surface area contributed by atoms with Crippen LogP contribution in [0.4, 0.5) is 11.4 Å². The number of hydrogen-bond donors (Lipinski definition) is 3. The van der Waals surface area contributed by atoms with Gasteiger partial charge in [0.25, 0.3) is 5.91 Å². The third kappa shape index (κ3) is 2.94. The highest BCUT2D eigenvalue weighted by Gasteiger charge is 2.20. The molecular formula is C19H18N4O2. The zero-order valence-electron chi connectivity index (χ0n) is 13.6. The van der Waals surface area contributed by atoms with Crippen molar-refractivity contribution < 1.29 is 9.59 Å². The number of nitrogens with one attached hydrogen (secondary N) is 3. The highest BCUT2D eigenvalue weighted by Crippen LogP contribution is 2.27. The molecule has 0 radical (unpaired) electrons. The maximum atomic E-state index is 12.8. The topological polar surface area (TPSA) is 77.2 Å². The van der Waals surface area contributed by atoms with Crippen molar-refractivity contribution in [1.29, 1.82) is 0 Å². The normalized spacial score (nSPS) is 14.4. The van der Waals surface area contributed by atoms with E-state index in [-0.39, 0.29) is 11.8 Å². The van der Waals surface area contributed by atoms with Crippen LogP contribution in [0.25, 0.3) is 10.9 Å². The predicted molar refractivity (Wildman–Crippen MR) is 97.9 cm³/mol. The number of benzene rings is 2. The van der Waals surface area contributed by atoms with Gasteiger partial charge in [-0.1, -0.05) is 30.3 Å². The number of carbonyl (C=O) groups is 2. The molecule has 0 aliphatic carbocycles. The molecule has 4 rings (SSSR count). The van der Waals surface area contributed by atoms with E-state index in [9.17, 15) is 9.59 Å². The summed E-state index contributed by atoms with van der Waals surface area (Å²) in [6.45, 7) is 1.61. The molecule has 1 aromatic heterocycles. The standard InChI is InChI=1S/C19H18N4O2/c24-18-12-23(10-9-20-18)17-8-4-3-7-16(17)22-19(25)14-11-21-15-6-2-1-5-13(14)15/h1-8,11,21H,9-10,12H2,(H,20,24)(H,22,25). The number of aromatic nitrogens is 1. The summed E-state index contributed by atoms with van der Waals surface area (Å²) in [7, 11) is 0. The Bertz CT molecular complexity index is 947. The molecule has 0 atom stereocenters. The Labute approximate surface area is 144 Å². The number of anilines is 2. The maximum absolute atomic E-state index is 12.8. The molecule has 126 valence electrons. The smallest absolute Gasteiger partial charge is 0.257 e. The van der Waals surface area contributed by atoms with Crippen molar-refractivity contribution in [1.82, 2.24) is 10.3 Å². The first-order chi connectivity index (χ1) is 12.2. The van der Waals surface area contributed by atoms with Crippen molar-refractivity contribution in [2.24, 2.45) is 0 Å². The highest BCUT2D eigenvalue weighted by atomic mass is 16.2. The molecule has 3 N–H and O–H groups in total. The molecule has 2 heterocycles. The Morgan fingerprint density at radius 1 is 1.08 bits per heavy atom. The summed E-state index contributed by atoms with van der Waals surface area (Å²) in [5.41, 5.74) is 3.08. The molecule has 6 heteroatoms. The fourth-order valence-electron chi connectivity index (χ4n) is 3.15. The zero-order valence-corrected chi connectivity index (χ0v) is 13.6. The van der Waals surface area contributed by atoms with Gasteiger partial charge in [-0.15, -0.1) is 0 Å². The fourth-order valence-corrected chi connectivity index (χ4v) is 3.15. The van der Waals surface area contributed by atoms with E-state index < -0.39 is 0 Å². The lowest BCUT2D eigenvalue weighted by atomic mass is 10.1. The van der Waals surface area contributed by atoms with Gasteiger partial charge < -0.3 is 20.5 Å². The fraction of sp³-hybridized carbons (Fsp3) is 0.158. The van der Waals surface area contributed by atoms with Crippen molar-refractivity contribution in [3.8, 4) is 0 Å². The van der Waals surface area contributed by atoms with Gasteiger partial charge >= 0.3 is 0 Å². The first-order valence-electron chi connectivity index (χ1n) is 8.20. The van der Waals surface area contributed by atoms with Gasteiger partial charge in [0.15, 0.2) is 0 Å². The van der Waals surface area contributed by atoms with Gasteiger partial charge in [-0.25, -0.2) is 0 Å². The molecule has 2 amide bonds. The van der Waals surface area contributed by atoms with Gasteiger partial charge in [0, 0.05) is 30.2 Å². The number of nitrogens with zero attached hydrogens (tertiary/aromatic N) is 1. The first kappa shape index (κ1) is 15.3. The summed E-state index contributed by atoms with van der Waals surface area (Å²) < 4.78 is 0. The van der Waals surface area contributed by atoms with Crippen LogP contribution in [0.2, 0.25) is 0 Å². The molecule has 2 aromatic carbocycles. The second kappa shape index (κ2) is 6.32. The van der Waals surface area contributed by atoms with Crippen LogP contribution in [-0.4, -0.2) is 36.4 Å².